The molecule has 3 nitrogen and oxygen atoms in total. The minimum Gasteiger partial charge on any atom is -0.455 e. The van der Waals surface area contributed by atoms with Crippen molar-refractivity contribution in [1.82, 2.24) is 4.57 Å². The van der Waals surface area contributed by atoms with E-state index in [1.54, 1.807) is 0 Å². The van der Waals surface area contributed by atoms with Gasteiger partial charge in [0, 0.05) is 50.2 Å². The van der Waals surface area contributed by atoms with Crippen LogP contribution in [-0.4, -0.2) is 10.6 Å². The first-order valence-corrected chi connectivity index (χ1v) is 16.8. The highest BCUT2D eigenvalue weighted by Gasteiger charge is 2.38. The molecule has 7 aromatic carbocycles. The average Bonchev–Trinajstić information content (AvgIpc) is 3.88. The van der Waals surface area contributed by atoms with Gasteiger partial charge in [0.15, 0.2) is 0 Å². The Kier molecular flexibility index (Phi) is 5.28. The Morgan fingerprint density at radius 3 is 2.06 bits per heavy atom. The molecule has 4 heterocycles. The second kappa shape index (κ2) is 9.73. The summed E-state index contributed by atoms with van der Waals surface area (Å²) in [6.07, 6.45) is 2.09. The molecule has 0 aliphatic carbocycles. The summed E-state index contributed by atoms with van der Waals surface area (Å²) >= 11 is 0. The molecule has 0 fully saturated rings. The van der Waals surface area contributed by atoms with E-state index in [0.29, 0.717) is 6.04 Å². The lowest BCUT2D eigenvalue weighted by Crippen LogP contribution is -2.22. The van der Waals surface area contributed by atoms with Crippen molar-refractivity contribution in [3.05, 3.63) is 163 Å². The van der Waals surface area contributed by atoms with E-state index in [-0.39, 0.29) is 0 Å². The molecule has 11 rings (SSSR count). The summed E-state index contributed by atoms with van der Waals surface area (Å²) in [7, 11) is 0. The number of benzene rings is 7. The third kappa shape index (κ3) is 3.64. The van der Waals surface area contributed by atoms with Crippen LogP contribution < -0.4 is 4.90 Å². The van der Waals surface area contributed by atoms with Gasteiger partial charge < -0.3 is 13.9 Å². The highest BCUT2D eigenvalue weighted by molar-refractivity contribution is 6.12. The number of hydrogen-bond acceptors (Lipinski definition) is 2. The third-order valence-corrected chi connectivity index (χ3v) is 10.7. The summed E-state index contributed by atoms with van der Waals surface area (Å²) in [5, 5.41) is 4.94. The molecule has 48 heavy (non-hydrogen) atoms. The van der Waals surface area contributed by atoms with Gasteiger partial charge in [0.05, 0.1) is 11.0 Å². The molecule has 1 atom stereocenters. The summed E-state index contributed by atoms with van der Waals surface area (Å²) in [4.78, 5) is 2.61. The Bertz CT molecular complexity index is 2730. The number of rotatable bonds is 3. The van der Waals surface area contributed by atoms with Gasteiger partial charge in [-0.3, -0.25) is 0 Å². The van der Waals surface area contributed by atoms with E-state index in [1.807, 2.05) is 6.07 Å². The molecular weight excluding hydrogens is 585 g/mol. The highest BCUT2D eigenvalue weighted by Crippen LogP contribution is 2.50. The van der Waals surface area contributed by atoms with Gasteiger partial charge in [-0.1, -0.05) is 103 Å². The summed E-state index contributed by atoms with van der Waals surface area (Å²) in [5.41, 5.74) is 16.0. The summed E-state index contributed by atoms with van der Waals surface area (Å²) < 4.78 is 8.85. The van der Waals surface area contributed by atoms with Crippen LogP contribution in [0.3, 0.4) is 0 Å². The first-order chi connectivity index (χ1) is 23.8. The second-order valence-electron chi connectivity index (χ2n) is 13.3. The van der Waals surface area contributed by atoms with Crippen LogP contribution in [-0.2, 0) is 12.8 Å². The van der Waals surface area contributed by atoms with Crippen molar-refractivity contribution in [2.75, 3.05) is 4.90 Å². The van der Waals surface area contributed by atoms with Crippen molar-refractivity contribution in [2.45, 2.75) is 18.9 Å². The van der Waals surface area contributed by atoms with Crippen LogP contribution in [0.25, 0.3) is 71.7 Å². The summed E-state index contributed by atoms with van der Waals surface area (Å²) in [6, 6.07) is 55.7. The van der Waals surface area contributed by atoms with E-state index in [9.17, 15) is 0 Å². The Morgan fingerprint density at radius 1 is 0.479 bits per heavy atom. The Labute approximate surface area is 277 Å². The summed E-state index contributed by atoms with van der Waals surface area (Å²) in [6.45, 7) is 0. The fourth-order valence-electron chi connectivity index (χ4n) is 8.56. The first-order valence-electron chi connectivity index (χ1n) is 16.8. The molecule has 3 heteroatoms. The fourth-order valence-corrected chi connectivity index (χ4v) is 8.56. The highest BCUT2D eigenvalue weighted by atomic mass is 16.3. The van der Waals surface area contributed by atoms with Crippen LogP contribution in [0.2, 0.25) is 0 Å². The SMILES string of the molecule is c1ccc(-c2ccc(-n3c4ccccc4c4cc5c(cc43)CC3Cc4cc(-c6cccc7c6oc6ccccc67)ccc4N53)cc2)cc1. The van der Waals surface area contributed by atoms with Gasteiger partial charge in [-0.2, -0.15) is 0 Å². The Hall–Kier alpha value is -6.06. The van der Waals surface area contributed by atoms with Gasteiger partial charge in [0.25, 0.3) is 0 Å². The predicted octanol–water partition coefficient (Wildman–Crippen LogP) is 11.6. The van der Waals surface area contributed by atoms with E-state index in [2.05, 4.69) is 155 Å². The molecule has 9 aromatic rings. The standard InChI is InChI=1S/C45H30N2O/c1-2-9-28(10-3-1)29-17-20-33(21-18-29)46-41-15-6-4-11-36(41)39-27-42-32(26-43(39)46)25-34-24-31-23-30(19-22-40(31)47(34)42)35-13-8-14-38-37-12-5-7-16-44(37)48-45(35)38/h1-23,26-27,34H,24-25H2. The monoisotopic (exact) mass is 614 g/mol. The molecule has 2 aliphatic rings. The average molecular weight is 615 g/mol. The Morgan fingerprint density at radius 2 is 1.19 bits per heavy atom. The van der Waals surface area contributed by atoms with Crippen molar-refractivity contribution < 1.29 is 4.42 Å². The molecule has 2 aromatic heterocycles. The van der Waals surface area contributed by atoms with Crippen LogP contribution in [0.1, 0.15) is 11.1 Å². The maximum Gasteiger partial charge on any atom is 0.143 e. The van der Waals surface area contributed by atoms with Crippen LogP contribution in [0.15, 0.2) is 156 Å². The minimum atomic E-state index is 0.434. The molecule has 0 spiro atoms. The number of anilines is 2. The van der Waals surface area contributed by atoms with E-state index in [4.69, 9.17) is 4.42 Å². The first kappa shape index (κ1) is 26.1. The largest absolute Gasteiger partial charge is 0.455 e. The number of hydrogen-bond donors (Lipinski definition) is 0. The lowest BCUT2D eigenvalue weighted by atomic mass is 9.97. The van der Waals surface area contributed by atoms with Gasteiger partial charge in [-0.15, -0.1) is 0 Å². The zero-order chi connectivity index (χ0) is 31.3. The van der Waals surface area contributed by atoms with Gasteiger partial charge >= 0.3 is 0 Å². The van der Waals surface area contributed by atoms with E-state index in [0.717, 1.165) is 29.6 Å². The molecular formula is C45H30N2O. The van der Waals surface area contributed by atoms with Crippen molar-refractivity contribution in [3.63, 3.8) is 0 Å². The van der Waals surface area contributed by atoms with Crippen molar-refractivity contribution in [1.29, 1.82) is 0 Å². The quantitative estimate of drug-likeness (QED) is 0.197. The predicted molar refractivity (Wildman–Crippen MR) is 199 cm³/mol. The van der Waals surface area contributed by atoms with Crippen LogP contribution in [0.5, 0.6) is 0 Å². The second-order valence-corrected chi connectivity index (χ2v) is 13.3. The van der Waals surface area contributed by atoms with Crippen LogP contribution in [0, 0.1) is 0 Å². The maximum absolute atomic E-state index is 6.40. The lowest BCUT2D eigenvalue weighted by Gasteiger charge is -2.21. The van der Waals surface area contributed by atoms with Gasteiger partial charge in [-0.25, -0.2) is 0 Å². The maximum atomic E-state index is 6.40. The zero-order valence-electron chi connectivity index (χ0n) is 26.2. The molecule has 1 unspecified atom stereocenters. The summed E-state index contributed by atoms with van der Waals surface area (Å²) in [5.74, 6) is 0. The molecule has 0 saturated carbocycles. The van der Waals surface area contributed by atoms with Gasteiger partial charge in [0.1, 0.15) is 11.2 Å². The molecule has 0 bridgehead atoms. The van der Waals surface area contributed by atoms with Crippen LogP contribution >= 0.6 is 0 Å². The van der Waals surface area contributed by atoms with Gasteiger partial charge in [-0.05, 0) is 89.2 Å². The molecule has 0 radical (unpaired) electrons. The van der Waals surface area contributed by atoms with E-state index in [1.165, 1.54) is 77.5 Å². The molecule has 0 N–H and O–H groups in total. The van der Waals surface area contributed by atoms with Crippen molar-refractivity contribution in [3.8, 4) is 27.9 Å². The Balaban J connectivity index is 1.01. The molecule has 0 amide bonds. The minimum absolute atomic E-state index is 0.434. The topological polar surface area (TPSA) is 21.3 Å². The smallest absolute Gasteiger partial charge is 0.143 e. The van der Waals surface area contributed by atoms with Crippen LogP contribution in [0.4, 0.5) is 11.4 Å². The number of para-hydroxylation sites is 3. The number of aromatic nitrogens is 1. The number of furan rings is 1. The molecule has 226 valence electrons. The third-order valence-electron chi connectivity index (χ3n) is 10.7. The van der Waals surface area contributed by atoms with E-state index >= 15 is 0 Å². The molecule has 0 saturated heterocycles. The molecule has 2 aliphatic heterocycles. The number of fused-ring (bicyclic) bond motifs is 11. The number of nitrogens with zero attached hydrogens (tertiary/aromatic N) is 2. The van der Waals surface area contributed by atoms with E-state index < -0.39 is 0 Å². The fraction of sp³-hybridized carbons (Fsp3) is 0.0667. The normalized spacial score (nSPS) is 15.1. The van der Waals surface area contributed by atoms with Crippen molar-refractivity contribution >= 4 is 55.1 Å². The van der Waals surface area contributed by atoms with Gasteiger partial charge in [0.2, 0.25) is 0 Å². The zero-order valence-corrected chi connectivity index (χ0v) is 26.2. The lowest BCUT2D eigenvalue weighted by molar-refractivity contribution is 0.670. The van der Waals surface area contributed by atoms with Crippen molar-refractivity contribution in [2.24, 2.45) is 0 Å².